The molecule has 1 saturated heterocycles. The first-order valence-electron chi connectivity index (χ1n) is 7.08. The van der Waals surface area contributed by atoms with Gasteiger partial charge in [0.25, 0.3) is 0 Å². The molecule has 114 valence electrons. The van der Waals surface area contributed by atoms with Crippen molar-refractivity contribution in [3.05, 3.63) is 47.3 Å². The molecule has 6 heteroatoms. The summed E-state index contributed by atoms with van der Waals surface area (Å²) in [5.74, 6) is -0.366. The Labute approximate surface area is 124 Å². The van der Waals surface area contributed by atoms with E-state index in [-0.39, 0.29) is 24.2 Å². The molecule has 0 radical (unpaired) electrons. The van der Waals surface area contributed by atoms with Gasteiger partial charge in [-0.2, -0.15) is 4.31 Å². The number of benzene rings is 1. The molecule has 1 fully saturated rings. The lowest BCUT2D eigenvalue weighted by atomic mass is 10.1. The molecule has 0 saturated carbocycles. The van der Waals surface area contributed by atoms with Gasteiger partial charge in [0.2, 0.25) is 10.0 Å². The molecule has 2 heterocycles. The fraction of sp³-hybridized carbons (Fsp3) is 0.467. The Kier molecular flexibility index (Phi) is 4.10. The van der Waals surface area contributed by atoms with E-state index in [1.54, 1.807) is 12.1 Å². The van der Waals surface area contributed by atoms with Crippen LogP contribution in [0.2, 0.25) is 0 Å². The normalized spacial score (nSPS) is 23.0. The topological polar surface area (TPSA) is 46.6 Å². The van der Waals surface area contributed by atoms with Gasteiger partial charge in [-0.25, -0.2) is 12.8 Å². The van der Waals surface area contributed by atoms with Crippen LogP contribution in [0.25, 0.3) is 0 Å². The maximum Gasteiger partial charge on any atom is 0.218 e. The monoisotopic (exact) mass is 311 g/mol. The summed E-state index contributed by atoms with van der Waals surface area (Å²) >= 11 is 0. The van der Waals surface area contributed by atoms with Crippen LogP contribution in [0.15, 0.2) is 30.4 Å². The molecule has 1 aromatic rings. The second-order valence-electron chi connectivity index (χ2n) is 5.44. The Morgan fingerprint density at radius 1 is 1.33 bits per heavy atom. The van der Waals surface area contributed by atoms with Crippen LogP contribution in [-0.4, -0.2) is 31.2 Å². The maximum absolute atomic E-state index is 13.2. The van der Waals surface area contributed by atoms with Crippen molar-refractivity contribution >= 4 is 10.0 Å². The predicted octanol–water partition coefficient (Wildman–Crippen LogP) is 2.21. The molecule has 4 nitrogen and oxygen atoms in total. The fourth-order valence-electron chi connectivity index (χ4n) is 2.72. The lowest BCUT2D eigenvalue weighted by molar-refractivity contribution is 0.145. The zero-order chi connectivity index (χ0) is 14.9. The van der Waals surface area contributed by atoms with Gasteiger partial charge in [0.1, 0.15) is 5.82 Å². The minimum atomic E-state index is -3.36. The quantitative estimate of drug-likeness (QED) is 0.801. The van der Waals surface area contributed by atoms with Crippen molar-refractivity contribution in [3.8, 4) is 0 Å². The Morgan fingerprint density at radius 2 is 2.14 bits per heavy atom. The van der Waals surface area contributed by atoms with Crippen molar-refractivity contribution in [3.63, 3.8) is 0 Å². The highest BCUT2D eigenvalue weighted by Gasteiger charge is 2.28. The minimum absolute atomic E-state index is 0.0384. The number of ether oxygens (including phenoxy) is 1. The fourth-order valence-corrected chi connectivity index (χ4v) is 3.95. The smallest absolute Gasteiger partial charge is 0.218 e. The van der Waals surface area contributed by atoms with Crippen LogP contribution in [0.5, 0.6) is 0 Å². The lowest BCUT2D eigenvalue weighted by Crippen LogP contribution is -2.27. The molecule has 1 aromatic carbocycles. The number of nitrogens with zero attached hydrogens (tertiary/aromatic N) is 1. The highest BCUT2D eigenvalue weighted by molar-refractivity contribution is 7.89. The summed E-state index contributed by atoms with van der Waals surface area (Å²) in [5, 5.41) is 0. The SMILES string of the molecule is O=S(=O)(C/C=C/[C@H]1CCCO1)N1Cc2ccc(F)cc2C1. The second kappa shape index (κ2) is 5.87. The lowest BCUT2D eigenvalue weighted by Gasteiger charge is -2.14. The third-order valence-corrected chi connectivity index (χ3v) is 5.54. The molecular weight excluding hydrogens is 293 g/mol. The number of rotatable bonds is 4. The molecule has 0 spiro atoms. The Hall–Kier alpha value is -1.24. The van der Waals surface area contributed by atoms with E-state index in [0.29, 0.717) is 6.54 Å². The molecule has 21 heavy (non-hydrogen) atoms. The summed E-state index contributed by atoms with van der Waals surface area (Å²) in [5.41, 5.74) is 1.63. The van der Waals surface area contributed by atoms with E-state index in [1.165, 1.54) is 16.4 Å². The van der Waals surface area contributed by atoms with Crippen LogP contribution in [0.3, 0.4) is 0 Å². The van der Waals surface area contributed by atoms with Crippen LogP contribution in [0.1, 0.15) is 24.0 Å². The minimum Gasteiger partial charge on any atom is -0.374 e. The maximum atomic E-state index is 13.2. The van der Waals surface area contributed by atoms with Gasteiger partial charge < -0.3 is 4.74 Å². The number of fused-ring (bicyclic) bond motifs is 1. The van der Waals surface area contributed by atoms with Gasteiger partial charge in [-0.3, -0.25) is 0 Å². The largest absolute Gasteiger partial charge is 0.374 e. The van der Waals surface area contributed by atoms with Gasteiger partial charge in [0.05, 0.1) is 11.9 Å². The van der Waals surface area contributed by atoms with Gasteiger partial charge in [0.15, 0.2) is 0 Å². The van der Waals surface area contributed by atoms with E-state index in [9.17, 15) is 12.8 Å². The van der Waals surface area contributed by atoms with E-state index in [0.717, 1.165) is 30.6 Å². The molecule has 0 aromatic heterocycles. The highest BCUT2D eigenvalue weighted by atomic mass is 32.2. The molecule has 0 amide bonds. The first-order valence-corrected chi connectivity index (χ1v) is 8.69. The van der Waals surface area contributed by atoms with Crippen LogP contribution in [-0.2, 0) is 27.8 Å². The van der Waals surface area contributed by atoms with Crippen molar-refractivity contribution in [2.75, 3.05) is 12.4 Å². The number of sulfonamides is 1. The van der Waals surface area contributed by atoms with Gasteiger partial charge in [0, 0.05) is 19.7 Å². The standard InChI is InChI=1S/C15H18FNO3S/c16-14-6-5-12-10-17(11-13(12)9-14)21(18,19)8-2-4-15-3-1-7-20-15/h2,4-6,9,15H,1,3,7-8,10-11H2/b4-2+/t15-/m1/s1. The summed E-state index contributed by atoms with van der Waals surface area (Å²) < 4.78 is 44.6. The summed E-state index contributed by atoms with van der Waals surface area (Å²) in [6, 6.07) is 4.43. The van der Waals surface area contributed by atoms with E-state index in [1.807, 2.05) is 6.08 Å². The summed E-state index contributed by atoms with van der Waals surface area (Å²) in [6.07, 6.45) is 5.51. The van der Waals surface area contributed by atoms with Crippen molar-refractivity contribution < 1.29 is 17.5 Å². The molecule has 1 atom stereocenters. The van der Waals surface area contributed by atoms with Gasteiger partial charge in [-0.05, 0) is 36.1 Å². The molecule has 0 unspecified atom stereocenters. The van der Waals surface area contributed by atoms with E-state index >= 15 is 0 Å². The Balaban J connectivity index is 1.64. The summed E-state index contributed by atoms with van der Waals surface area (Å²) in [6.45, 7) is 1.32. The van der Waals surface area contributed by atoms with Crippen molar-refractivity contribution in [2.24, 2.45) is 0 Å². The summed E-state index contributed by atoms with van der Waals surface area (Å²) in [4.78, 5) is 0. The van der Waals surface area contributed by atoms with Gasteiger partial charge in [-0.1, -0.05) is 18.2 Å². The van der Waals surface area contributed by atoms with Crippen molar-refractivity contribution in [1.82, 2.24) is 4.31 Å². The van der Waals surface area contributed by atoms with Crippen LogP contribution < -0.4 is 0 Å². The predicted molar refractivity (Wildman–Crippen MR) is 77.5 cm³/mol. The number of hydrogen-bond acceptors (Lipinski definition) is 3. The third-order valence-electron chi connectivity index (χ3n) is 3.88. The van der Waals surface area contributed by atoms with Crippen molar-refractivity contribution in [2.45, 2.75) is 32.0 Å². The molecule has 0 aliphatic carbocycles. The number of halogens is 1. The Bertz CT molecular complexity index is 651. The zero-order valence-corrected chi connectivity index (χ0v) is 12.5. The van der Waals surface area contributed by atoms with Crippen LogP contribution in [0, 0.1) is 5.82 Å². The molecular formula is C15H18FNO3S. The molecule has 2 aliphatic rings. The van der Waals surface area contributed by atoms with Gasteiger partial charge in [-0.15, -0.1) is 0 Å². The van der Waals surface area contributed by atoms with E-state index in [4.69, 9.17) is 4.74 Å². The third kappa shape index (κ3) is 3.33. The average molecular weight is 311 g/mol. The first-order chi connectivity index (χ1) is 10.0. The van der Waals surface area contributed by atoms with E-state index in [2.05, 4.69) is 0 Å². The molecule has 0 N–H and O–H groups in total. The molecule has 3 rings (SSSR count). The average Bonchev–Trinajstić information content (AvgIpc) is 3.06. The zero-order valence-electron chi connectivity index (χ0n) is 11.7. The van der Waals surface area contributed by atoms with Crippen molar-refractivity contribution in [1.29, 1.82) is 0 Å². The molecule has 0 bridgehead atoms. The van der Waals surface area contributed by atoms with Crippen LogP contribution in [0.4, 0.5) is 4.39 Å². The first kappa shape index (κ1) is 14.7. The van der Waals surface area contributed by atoms with Gasteiger partial charge >= 0.3 is 0 Å². The second-order valence-corrected chi connectivity index (χ2v) is 7.45. The molecule has 2 aliphatic heterocycles. The van der Waals surface area contributed by atoms with E-state index < -0.39 is 10.0 Å². The Morgan fingerprint density at radius 3 is 2.90 bits per heavy atom. The van der Waals surface area contributed by atoms with Crippen LogP contribution >= 0.6 is 0 Å². The number of hydrogen-bond donors (Lipinski definition) is 0. The summed E-state index contributed by atoms with van der Waals surface area (Å²) in [7, 11) is -3.36. The highest BCUT2D eigenvalue weighted by Crippen LogP contribution is 2.26.